The molecule has 0 aromatic carbocycles. The molecule has 3 N–H and O–H groups in total. The molecule has 0 unspecified atom stereocenters. The van der Waals surface area contributed by atoms with Crippen LogP contribution < -0.4 is 10.6 Å². The fourth-order valence-corrected chi connectivity index (χ4v) is 4.70. The van der Waals surface area contributed by atoms with Gasteiger partial charge in [0, 0.05) is 18.6 Å². The van der Waals surface area contributed by atoms with Crippen LogP contribution in [0.2, 0.25) is 19.1 Å². The fraction of sp³-hybridized carbons (Fsp3) is 0.571. The fourth-order valence-electron chi connectivity index (χ4n) is 3.11. The largest absolute Gasteiger partial charge is 0.432 e. The van der Waals surface area contributed by atoms with E-state index in [4.69, 9.17) is 9.97 Å². The highest BCUT2D eigenvalue weighted by Gasteiger charge is 2.23. The second-order valence-corrected chi connectivity index (χ2v) is 12.5. The number of hydrogen-bond acceptors (Lipinski definition) is 6. The summed E-state index contributed by atoms with van der Waals surface area (Å²) >= 11 is 0. The topological polar surface area (TPSA) is 87.9 Å². The first kappa shape index (κ1) is 23.1. The molecular formula is C21H36N6OSi. The van der Waals surface area contributed by atoms with Crippen LogP contribution in [-0.4, -0.2) is 45.2 Å². The van der Waals surface area contributed by atoms with E-state index in [0.717, 1.165) is 29.4 Å². The molecular weight excluding hydrogens is 380 g/mol. The van der Waals surface area contributed by atoms with E-state index in [1.54, 1.807) is 0 Å². The zero-order valence-electron chi connectivity index (χ0n) is 18.8. The second-order valence-electron chi connectivity index (χ2n) is 8.47. The maximum absolute atomic E-state index is 10.3. The van der Waals surface area contributed by atoms with Gasteiger partial charge in [0.05, 0.1) is 6.33 Å². The molecule has 29 heavy (non-hydrogen) atoms. The van der Waals surface area contributed by atoms with Crippen molar-refractivity contribution in [3.8, 4) is 0 Å². The van der Waals surface area contributed by atoms with Crippen molar-refractivity contribution >= 4 is 31.2 Å². The molecule has 0 fully saturated rings. The Balaban J connectivity index is 2.38. The van der Waals surface area contributed by atoms with Gasteiger partial charge in [-0.3, -0.25) is 0 Å². The van der Waals surface area contributed by atoms with Crippen molar-refractivity contribution in [2.45, 2.75) is 72.3 Å². The van der Waals surface area contributed by atoms with Gasteiger partial charge in [0.15, 0.2) is 25.3 Å². The predicted molar refractivity (Wildman–Crippen MR) is 125 cm³/mol. The van der Waals surface area contributed by atoms with Crippen molar-refractivity contribution in [1.29, 1.82) is 0 Å². The lowest BCUT2D eigenvalue weighted by atomic mass is 10.2. The number of imidazole rings is 1. The van der Waals surface area contributed by atoms with Crippen molar-refractivity contribution in [3.63, 3.8) is 0 Å². The Hall–Kier alpha value is -2.19. The van der Waals surface area contributed by atoms with Crippen LogP contribution in [0.4, 0.5) is 11.8 Å². The van der Waals surface area contributed by atoms with Crippen molar-refractivity contribution in [2.75, 3.05) is 17.2 Å². The highest BCUT2D eigenvalue weighted by Crippen LogP contribution is 2.25. The van der Waals surface area contributed by atoms with Gasteiger partial charge >= 0.3 is 0 Å². The van der Waals surface area contributed by atoms with E-state index < -0.39 is 8.32 Å². The molecule has 160 valence electrons. The molecule has 0 amide bonds. The maximum Gasteiger partial charge on any atom is 0.226 e. The molecule has 2 rings (SSSR count). The molecule has 8 heteroatoms. The average molecular weight is 417 g/mol. The van der Waals surface area contributed by atoms with Gasteiger partial charge in [-0.2, -0.15) is 9.97 Å². The molecule has 2 aromatic heterocycles. The summed E-state index contributed by atoms with van der Waals surface area (Å²) in [5.41, 5.74) is 2.78. The van der Waals surface area contributed by atoms with Crippen molar-refractivity contribution in [1.82, 2.24) is 19.5 Å². The quantitative estimate of drug-likeness (QED) is 0.383. The number of fused-ring (bicyclic) bond motifs is 1. The van der Waals surface area contributed by atoms with Gasteiger partial charge in [0.2, 0.25) is 5.95 Å². The van der Waals surface area contributed by atoms with E-state index in [1.807, 2.05) is 38.5 Å². The highest BCUT2D eigenvalue weighted by atomic mass is 28.4. The van der Waals surface area contributed by atoms with Gasteiger partial charge in [-0.05, 0) is 53.3 Å². The number of rotatable bonds is 10. The zero-order chi connectivity index (χ0) is 21.6. The van der Waals surface area contributed by atoms with Crippen LogP contribution in [-0.2, 0) is 0 Å². The molecule has 0 bridgehead atoms. The van der Waals surface area contributed by atoms with Crippen LogP contribution in [0.15, 0.2) is 30.1 Å². The van der Waals surface area contributed by atoms with E-state index in [1.165, 1.54) is 5.57 Å². The monoisotopic (exact) mass is 416 g/mol. The predicted octanol–water partition coefficient (Wildman–Crippen LogP) is 4.73. The molecule has 2 heterocycles. The third kappa shape index (κ3) is 6.68. The Labute approximate surface area is 175 Å². The van der Waals surface area contributed by atoms with Crippen LogP contribution in [0.25, 0.3) is 11.2 Å². The number of aromatic nitrogens is 4. The van der Waals surface area contributed by atoms with Crippen LogP contribution in [0.1, 0.15) is 47.1 Å². The zero-order valence-corrected chi connectivity index (χ0v) is 19.8. The van der Waals surface area contributed by atoms with Crippen LogP contribution in [0.3, 0.4) is 0 Å². The van der Waals surface area contributed by atoms with Crippen LogP contribution in [0.5, 0.6) is 0 Å². The first-order chi connectivity index (χ1) is 13.6. The Kier molecular flexibility index (Phi) is 7.98. The van der Waals surface area contributed by atoms with Gasteiger partial charge in [-0.15, -0.1) is 0 Å². The van der Waals surface area contributed by atoms with Crippen molar-refractivity contribution in [2.24, 2.45) is 0 Å². The average Bonchev–Trinajstić information content (AvgIpc) is 3.07. The molecule has 0 aliphatic rings. The second kappa shape index (κ2) is 10.0. The van der Waals surface area contributed by atoms with Gasteiger partial charge in [-0.1, -0.05) is 30.7 Å². The summed E-state index contributed by atoms with van der Waals surface area (Å²) in [5, 5.41) is 6.86. The third-order valence-electron chi connectivity index (χ3n) is 4.66. The SMILES string of the molecule is C/C=C\C=C(/C)CNc1nc(N[C@H](CC)C[Si](C)(C)O)nc2c1ncn2C(C)C. The minimum absolute atomic E-state index is 0.138. The molecule has 0 radical (unpaired) electrons. The molecule has 2 aromatic rings. The highest BCUT2D eigenvalue weighted by molar-refractivity contribution is 6.70. The standard InChI is InChI=1S/C21H36N6OSi/c1-8-10-11-16(5)12-22-19-18-20(27(14-23-18)15(3)4)26-21(25-19)24-17(9-2)13-29(6,7)28/h8,10-11,14-15,17,28H,9,12-13H2,1-7H3,(H2,22,24,25,26)/b10-8-,16-11+/t17-/m1/s1. The Bertz CT molecular complexity index is 866. The molecule has 0 aliphatic heterocycles. The molecule has 0 aliphatic carbocycles. The Morgan fingerprint density at radius 3 is 2.62 bits per heavy atom. The number of nitrogens with one attached hydrogen (secondary N) is 2. The summed E-state index contributed by atoms with van der Waals surface area (Å²) in [6, 6.07) is 1.14. The minimum Gasteiger partial charge on any atom is -0.432 e. The number of hydrogen-bond donors (Lipinski definition) is 3. The normalized spacial score (nSPS) is 14.2. The number of allylic oxidation sites excluding steroid dienone is 3. The van der Waals surface area contributed by atoms with Crippen LogP contribution >= 0.6 is 0 Å². The molecule has 0 saturated carbocycles. The molecule has 1 atom stereocenters. The smallest absolute Gasteiger partial charge is 0.226 e. The van der Waals surface area contributed by atoms with Gasteiger partial charge < -0.3 is 20.0 Å². The Morgan fingerprint density at radius 1 is 1.31 bits per heavy atom. The minimum atomic E-state index is -2.19. The third-order valence-corrected chi connectivity index (χ3v) is 6.15. The summed E-state index contributed by atoms with van der Waals surface area (Å²) in [5.74, 6) is 1.29. The van der Waals surface area contributed by atoms with Gasteiger partial charge in [-0.25, -0.2) is 4.98 Å². The van der Waals surface area contributed by atoms with E-state index in [0.29, 0.717) is 12.5 Å². The van der Waals surface area contributed by atoms with E-state index >= 15 is 0 Å². The molecule has 0 spiro atoms. The lowest BCUT2D eigenvalue weighted by molar-refractivity contribution is 0.535. The lowest BCUT2D eigenvalue weighted by Crippen LogP contribution is -2.34. The van der Waals surface area contributed by atoms with Gasteiger partial charge in [0.25, 0.3) is 0 Å². The molecule has 0 saturated heterocycles. The van der Waals surface area contributed by atoms with E-state index in [9.17, 15) is 4.80 Å². The summed E-state index contributed by atoms with van der Waals surface area (Å²) < 4.78 is 2.06. The Morgan fingerprint density at radius 2 is 2.03 bits per heavy atom. The van der Waals surface area contributed by atoms with E-state index in [-0.39, 0.29) is 12.1 Å². The maximum atomic E-state index is 10.3. The van der Waals surface area contributed by atoms with Crippen LogP contribution in [0, 0.1) is 0 Å². The van der Waals surface area contributed by atoms with Crippen molar-refractivity contribution in [3.05, 3.63) is 30.1 Å². The first-order valence-electron chi connectivity index (χ1n) is 10.4. The number of nitrogens with zero attached hydrogens (tertiary/aromatic N) is 4. The summed E-state index contributed by atoms with van der Waals surface area (Å²) in [7, 11) is -2.19. The van der Waals surface area contributed by atoms with E-state index in [2.05, 4.69) is 54.0 Å². The summed E-state index contributed by atoms with van der Waals surface area (Å²) in [4.78, 5) is 24.4. The molecule has 7 nitrogen and oxygen atoms in total. The summed E-state index contributed by atoms with van der Waals surface area (Å²) in [6.07, 6.45) is 8.84. The van der Waals surface area contributed by atoms with Gasteiger partial charge in [0.1, 0.15) is 0 Å². The first-order valence-corrected chi connectivity index (χ1v) is 13.6. The summed E-state index contributed by atoms with van der Waals surface area (Å²) in [6.45, 7) is 15.0. The number of anilines is 2. The van der Waals surface area contributed by atoms with Crippen molar-refractivity contribution < 1.29 is 4.80 Å². The lowest BCUT2D eigenvalue weighted by Gasteiger charge is -2.23.